The predicted octanol–water partition coefficient (Wildman–Crippen LogP) is 2.68. The van der Waals surface area contributed by atoms with E-state index in [1.54, 1.807) is 7.11 Å². The summed E-state index contributed by atoms with van der Waals surface area (Å²) in [5.74, 6) is 1.58. The average molecular weight is 213 g/mol. The van der Waals surface area contributed by atoms with Crippen LogP contribution in [0.4, 0.5) is 0 Å². The minimum Gasteiger partial charge on any atom is -0.383 e. The van der Waals surface area contributed by atoms with Crippen molar-refractivity contribution in [2.24, 2.45) is 17.3 Å². The van der Waals surface area contributed by atoms with Crippen molar-refractivity contribution in [2.45, 2.75) is 46.6 Å². The first-order valence-corrected chi connectivity index (χ1v) is 6.19. The third-order valence-electron chi connectivity index (χ3n) is 3.92. The van der Waals surface area contributed by atoms with E-state index in [0.29, 0.717) is 17.4 Å². The minimum absolute atomic E-state index is 0.376. The van der Waals surface area contributed by atoms with Gasteiger partial charge in [-0.2, -0.15) is 0 Å². The summed E-state index contributed by atoms with van der Waals surface area (Å²) < 4.78 is 5.27. The van der Waals surface area contributed by atoms with E-state index in [1.807, 2.05) is 0 Å². The first kappa shape index (κ1) is 13.0. The largest absolute Gasteiger partial charge is 0.383 e. The van der Waals surface area contributed by atoms with Gasteiger partial charge in [-0.1, -0.05) is 27.7 Å². The zero-order chi connectivity index (χ0) is 11.5. The van der Waals surface area contributed by atoms with Gasteiger partial charge in [0.15, 0.2) is 0 Å². The molecular weight excluding hydrogens is 186 g/mol. The summed E-state index contributed by atoms with van der Waals surface area (Å²) >= 11 is 0. The number of methoxy groups -OCH3 is 1. The Morgan fingerprint density at radius 1 is 1.33 bits per heavy atom. The molecule has 90 valence electrons. The molecule has 0 aromatic rings. The standard InChI is InChI=1S/C13H27NO/c1-10(2)13(3,4)9-14-12(8-15-5)11-6-7-11/h10-12,14H,6-9H2,1-5H3. The van der Waals surface area contributed by atoms with E-state index in [9.17, 15) is 0 Å². The molecule has 1 saturated carbocycles. The molecule has 2 nitrogen and oxygen atoms in total. The maximum atomic E-state index is 5.27. The summed E-state index contributed by atoms with van der Waals surface area (Å²) in [5.41, 5.74) is 0.376. The normalized spacial score (nSPS) is 19.6. The molecule has 0 heterocycles. The highest BCUT2D eigenvalue weighted by Crippen LogP contribution is 2.33. The molecule has 15 heavy (non-hydrogen) atoms. The minimum atomic E-state index is 0.376. The maximum Gasteiger partial charge on any atom is 0.0618 e. The van der Waals surface area contributed by atoms with Gasteiger partial charge in [-0.15, -0.1) is 0 Å². The van der Waals surface area contributed by atoms with Crippen molar-refractivity contribution in [1.82, 2.24) is 5.32 Å². The average Bonchev–Trinajstić information content (AvgIpc) is 2.95. The zero-order valence-corrected chi connectivity index (χ0v) is 11.0. The summed E-state index contributed by atoms with van der Waals surface area (Å²) in [4.78, 5) is 0. The first-order chi connectivity index (χ1) is 6.97. The SMILES string of the molecule is COCC(NCC(C)(C)C(C)C)C1CC1. The van der Waals surface area contributed by atoms with Gasteiger partial charge in [0, 0.05) is 19.7 Å². The van der Waals surface area contributed by atoms with E-state index in [0.717, 1.165) is 19.1 Å². The third kappa shape index (κ3) is 4.12. The molecule has 1 rings (SSSR count). The van der Waals surface area contributed by atoms with Gasteiger partial charge in [-0.3, -0.25) is 0 Å². The summed E-state index contributed by atoms with van der Waals surface area (Å²) in [5, 5.41) is 3.68. The molecule has 0 bridgehead atoms. The second kappa shape index (κ2) is 5.31. The van der Waals surface area contributed by atoms with Crippen molar-refractivity contribution < 1.29 is 4.74 Å². The number of ether oxygens (including phenoxy) is 1. The first-order valence-electron chi connectivity index (χ1n) is 6.19. The number of hydrogen-bond donors (Lipinski definition) is 1. The molecule has 0 aromatic heterocycles. The molecule has 0 spiro atoms. The lowest BCUT2D eigenvalue weighted by molar-refractivity contribution is 0.142. The van der Waals surface area contributed by atoms with E-state index >= 15 is 0 Å². The molecule has 0 aromatic carbocycles. The van der Waals surface area contributed by atoms with Crippen LogP contribution in [0, 0.1) is 17.3 Å². The van der Waals surface area contributed by atoms with Gasteiger partial charge < -0.3 is 10.1 Å². The van der Waals surface area contributed by atoms with Crippen LogP contribution in [0.5, 0.6) is 0 Å². The Hall–Kier alpha value is -0.0800. The van der Waals surface area contributed by atoms with Crippen LogP contribution in [0.2, 0.25) is 0 Å². The summed E-state index contributed by atoms with van der Waals surface area (Å²) in [6, 6.07) is 0.577. The fourth-order valence-corrected chi connectivity index (χ4v) is 1.64. The fourth-order valence-electron chi connectivity index (χ4n) is 1.64. The number of hydrogen-bond acceptors (Lipinski definition) is 2. The molecule has 1 fully saturated rings. The second-order valence-corrected chi connectivity index (χ2v) is 5.92. The zero-order valence-electron chi connectivity index (χ0n) is 11.0. The molecule has 1 N–H and O–H groups in total. The van der Waals surface area contributed by atoms with Gasteiger partial charge in [0.05, 0.1) is 6.61 Å². The van der Waals surface area contributed by atoms with Gasteiger partial charge >= 0.3 is 0 Å². The molecule has 0 radical (unpaired) electrons. The third-order valence-corrected chi connectivity index (χ3v) is 3.92. The van der Waals surface area contributed by atoms with Gasteiger partial charge in [-0.25, -0.2) is 0 Å². The molecule has 0 saturated heterocycles. The van der Waals surface area contributed by atoms with Crippen LogP contribution < -0.4 is 5.32 Å². The summed E-state index contributed by atoms with van der Waals surface area (Å²) in [6.45, 7) is 11.2. The van der Waals surface area contributed by atoms with E-state index in [1.165, 1.54) is 12.8 Å². The molecule has 1 aliphatic rings. The van der Waals surface area contributed by atoms with Crippen LogP contribution in [0.1, 0.15) is 40.5 Å². The molecule has 1 aliphatic carbocycles. The smallest absolute Gasteiger partial charge is 0.0618 e. The molecule has 1 unspecified atom stereocenters. The topological polar surface area (TPSA) is 21.3 Å². The van der Waals surface area contributed by atoms with Crippen molar-refractivity contribution in [3.05, 3.63) is 0 Å². The Kier molecular flexibility index (Phi) is 4.60. The quantitative estimate of drug-likeness (QED) is 0.702. The van der Waals surface area contributed by atoms with Gasteiger partial charge in [0.25, 0.3) is 0 Å². The van der Waals surface area contributed by atoms with Gasteiger partial charge in [0.2, 0.25) is 0 Å². The number of rotatable bonds is 7. The van der Waals surface area contributed by atoms with Gasteiger partial charge in [-0.05, 0) is 30.1 Å². The van der Waals surface area contributed by atoms with Crippen molar-refractivity contribution in [3.63, 3.8) is 0 Å². The van der Waals surface area contributed by atoms with Crippen LogP contribution in [-0.4, -0.2) is 26.3 Å². The summed E-state index contributed by atoms with van der Waals surface area (Å²) in [7, 11) is 1.80. The second-order valence-electron chi connectivity index (χ2n) is 5.92. The highest BCUT2D eigenvalue weighted by atomic mass is 16.5. The van der Waals surface area contributed by atoms with E-state index < -0.39 is 0 Å². The van der Waals surface area contributed by atoms with Crippen molar-refractivity contribution in [1.29, 1.82) is 0 Å². The fraction of sp³-hybridized carbons (Fsp3) is 1.00. The molecule has 0 aliphatic heterocycles. The van der Waals surface area contributed by atoms with Crippen LogP contribution in [0.15, 0.2) is 0 Å². The maximum absolute atomic E-state index is 5.27. The molecule has 0 amide bonds. The molecule has 1 atom stereocenters. The Labute approximate surface area is 94.8 Å². The van der Waals surface area contributed by atoms with Crippen LogP contribution in [0.3, 0.4) is 0 Å². The lowest BCUT2D eigenvalue weighted by Gasteiger charge is -2.32. The van der Waals surface area contributed by atoms with Crippen molar-refractivity contribution in [3.8, 4) is 0 Å². The Bertz CT molecular complexity index is 185. The van der Waals surface area contributed by atoms with E-state index in [2.05, 4.69) is 33.0 Å². The van der Waals surface area contributed by atoms with Gasteiger partial charge in [0.1, 0.15) is 0 Å². The highest BCUT2D eigenvalue weighted by molar-refractivity contribution is 4.88. The van der Waals surface area contributed by atoms with Crippen LogP contribution in [0.25, 0.3) is 0 Å². The molecule has 2 heteroatoms. The van der Waals surface area contributed by atoms with E-state index in [4.69, 9.17) is 4.74 Å². The molecular formula is C13H27NO. The predicted molar refractivity (Wildman–Crippen MR) is 65.0 cm³/mol. The Balaban J connectivity index is 2.32. The van der Waals surface area contributed by atoms with E-state index in [-0.39, 0.29) is 0 Å². The van der Waals surface area contributed by atoms with Crippen molar-refractivity contribution >= 4 is 0 Å². The number of nitrogens with one attached hydrogen (secondary N) is 1. The van der Waals surface area contributed by atoms with Crippen LogP contribution >= 0.6 is 0 Å². The monoisotopic (exact) mass is 213 g/mol. The highest BCUT2D eigenvalue weighted by Gasteiger charge is 2.32. The Morgan fingerprint density at radius 2 is 1.93 bits per heavy atom. The lowest BCUT2D eigenvalue weighted by atomic mass is 9.81. The Morgan fingerprint density at radius 3 is 2.33 bits per heavy atom. The summed E-state index contributed by atoms with van der Waals surface area (Å²) in [6.07, 6.45) is 2.76. The van der Waals surface area contributed by atoms with Crippen LogP contribution in [-0.2, 0) is 4.74 Å². The van der Waals surface area contributed by atoms with Crippen molar-refractivity contribution in [2.75, 3.05) is 20.3 Å². The lowest BCUT2D eigenvalue weighted by Crippen LogP contribution is -2.42.